The van der Waals surface area contributed by atoms with Crippen molar-refractivity contribution in [1.29, 1.82) is 0 Å². The Hall–Kier alpha value is -2.04. The maximum Gasteiger partial charge on any atom is 0.232 e. The van der Waals surface area contributed by atoms with Gasteiger partial charge >= 0.3 is 0 Å². The minimum Gasteiger partial charge on any atom is -0.399 e. The molecule has 2 amide bonds. The Bertz CT molecular complexity index is 529. The molecule has 1 aromatic rings. The summed E-state index contributed by atoms with van der Waals surface area (Å²) in [5, 5.41) is 0. The summed E-state index contributed by atoms with van der Waals surface area (Å²) in [7, 11) is 0. The van der Waals surface area contributed by atoms with Gasteiger partial charge in [-0.25, -0.2) is 0 Å². The second-order valence-corrected chi connectivity index (χ2v) is 6.22. The number of nitrogen functional groups attached to an aromatic ring is 1. The standard InChI is InChI=1S/C16H23N3O2/c1-16(2,12-3-5-13(17)6-4-12)15(21)19-9-7-11(8-10-19)14(18)20/h3-6,11H,7-10,17H2,1-2H3,(H2,18,20). The van der Waals surface area contributed by atoms with Crippen molar-refractivity contribution in [3.05, 3.63) is 29.8 Å². The highest BCUT2D eigenvalue weighted by atomic mass is 16.2. The van der Waals surface area contributed by atoms with Crippen LogP contribution in [0.3, 0.4) is 0 Å². The van der Waals surface area contributed by atoms with Crippen LogP contribution in [-0.4, -0.2) is 29.8 Å². The van der Waals surface area contributed by atoms with E-state index in [0.29, 0.717) is 31.6 Å². The molecule has 1 saturated heterocycles. The van der Waals surface area contributed by atoms with Crippen molar-refractivity contribution >= 4 is 17.5 Å². The second-order valence-electron chi connectivity index (χ2n) is 6.22. The lowest BCUT2D eigenvalue weighted by molar-refractivity contribution is -0.139. The summed E-state index contributed by atoms with van der Waals surface area (Å²) < 4.78 is 0. The van der Waals surface area contributed by atoms with Crippen molar-refractivity contribution in [3.8, 4) is 0 Å². The van der Waals surface area contributed by atoms with Crippen LogP contribution < -0.4 is 11.5 Å². The molecule has 0 unspecified atom stereocenters. The number of nitrogens with zero attached hydrogens (tertiary/aromatic N) is 1. The summed E-state index contributed by atoms with van der Waals surface area (Å²) in [6.45, 7) is 5.01. The van der Waals surface area contributed by atoms with Gasteiger partial charge in [0.15, 0.2) is 0 Å². The van der Waals surface area contributed by atoms with Gasteiger partial charge in [0, 0.05) is 24.7 Å². The van der Waals surface area contributed by atoms with E-state index in [1.807, 2.05) is 43.0 Å². The molecule has 5 nitrogen and oxygen atoms in total. The van der Waals surface area contributed by atoms with Gasteiger partial charge in [0.25, 0.3) is 0 Å². The summed E-state index contributed by atoms with van der Waals surface area (Å²) >= 11 is 0. The molecule has 0 radical (unpaired) electrons. The summed E-state index contributed by atoms with van der Waals surface area (Å²) in [5.41, 5.74) is 12.0. The van der Waals surface area contributed by atoms with Gasteiger partial charge < -0.3 is 16.4 Å². The number of hydrogen-bond donors (Lipinski definition) is 2. The minimum atomic E-state index is -0.604. The van der Waals surface area contributed by atoms with Crippen LogP contribution in [0.4, 0.5) is 5.69 Å². The lowest BCUT2D eigenvalue weighted by Gasteiger charge is -2.36. The number of carbonyl (C=O) groups is 2. The first-order valence-corrected chi connectivity index (χ1v) is 7.27. The molecule has 1 aliphatic rings. The Balaban J connectivity index is 2.09. The normalized spacial score (nSPS) is 16.8. The highest BCUT2D eigenvalue weighted by molar-refractivity contribution is 5.88. The molecule has 21 heavy (non-hydrogen) atoms. The first-order chi connectivity index (χ1) is 9.82. The van der Waals surface area contributed by atoms with Gasteiger partial charge in [-0.3, -0.25) is 9.59 Å². The molecular weight excluding hydrogens is 266 g/mol. The van der Waals surface area contributed by atoms with Gasteiger partial charge in [-0.15, -0.1) is 0 Å². The monoisotopic (exact) mass is 289 g/mol. The molecule has 2 rings (SSSR count). The highest BCUT2D eigenvalue weighted by Crippen LogP contribution is 2.28. The van der Waals surface area contributed by atoms with Gasteiger partial charge in [0.05, 0.1) is 5.41 Å². The number of primary amides is 1. The smallest absolute Gasteiger partial charge is 0.232 e. The first-order valence-electron chi connectivity index (χ1n) is 7.27. The fourth-order valence-electron chi connectivity index (χ4n) is 2.79. The Morgan fingerprint density at radius 2 is 1.67 bits per heavy atom. The number of amides is 2. The van der Waals surface area contributed by atoms with Crippen LogP contribution in [0.15, 0.2) is 24.3 Å². The second kappa shape index (κ2) is 5.76. The Morgan fingerprint density at radius 1 is 1.14 bits per heavy atom. The van der Waals surface area contributed by atoms with E-state index in [1.165, 1.54) is 0 Å². The molecule has 0 aliphatic carbocycles. The van der Waals surface area contributed by atoms with Crippen LogP contribution in [0.2, 0.25) is 0 Å². The van der Waals surface area contributed by atoms with Crippen molar-refractivity contribution in [2.45, 2.75) is 32.1 Å². The van der Waals surface area contributed by atoms with E-state index >= 15 is 0 Å². The number of rotatable bonds is 3. The van der Waals surface area contributed by atoms with Crippen molar-refractivity contribution in [3.63, 3.8) is 0 Å². The summed E-state index contributed by atoms with van der Waals surface area (Å²) in [5.74, 6) is -0.288. The molecule has 0 atom stereocenters. The largest absolute Gasteiger partial charge is 0.399 e. The molecule has 4 N–H and O–H groups in total. The van der Waals surface area contributed by atoms with Crippen molar-refractivity contribution in [2.24, 2.45) is 11.7 Å². The number of benzene rings is 1. The van der Waals surface area contributed by atoms with Gasteiger partial charge in [0.1, 0.15) is 0 Å². The van der Waals surface area contributed by atoms with E-state index in [-0.39, 0.29) is 17.7 Å². The third kappa shape index (κ3) is 3.17. The van der Waals surface area contributed by atoms with E-state index in [4.69, 9.17) is 11.5 Å². The molecule has 1 heterocycles. The highest BCUT2D eigenvalue weighted by Gasteiger charge is 2.36. The number of hydrogen-bond acceptors (Lipinski definition) is 3. The van der Waals surface area contributed by atoms with E-state index in [9.17, 15) is 9.59 Å². The number of nitrogens with two attached hydrogens (primary N) is 2. The number of piperidine rings is 1. The third-order valence-corrected chi connectivity index (χ3v) is 4.35. The summed E-state index contributed by atoms with van der Waals surface area (Å²) in [6.07, 6.45) is 1.30. The van der Waals surface area contributed by atoms with Crippen LogP contribution in [0.25, 0.3) is 0 Å². The fourth-order valence-corrected chi connectivity index (χ4v) is 2.79. The van der Waals surface area contributed by atoms with Gasteiger partial charge in [0.2, 0.25) is 11.8 Å². The maximum absolute atomic E-state index is 12.8. The molecule has 1 fully saturated rings. The van der Waals surface area contributed by atoms with Crippen LogP contribution in [0.5, 0.6) is 0 Å². The Morgan fingerprint density at radius 3 is 2.14 bits per heavy atom. The Kier molecular flexibility index (Phi) is 4.21. The molecular formula is C16H23N3O2. The average Bonchev–Trinajstić information content (AvgIpc) is 2.47. The third-order valence-electron chi connectivity index (χ3n) is 4.35. The van der Waals surface area contributed by atoms with E-state index in [2.05, 4.69) is 0 Å². The zero-order valence-corrected chi connectivity index (χ0v) is 12.6. The zero-order valence-electron chi connectivity index (χ0n) is 12.6. The van der Waals surface area contributed by atoms with Gasteiger partial charge in [-0.05, 0) is 44.4 Å². The van der Waals surface area contributed by atoms with E-state index < -0.39 is 5.41 Å². The zero-order chi connectivity index (χ0) is 15.6. The van der Waals surface area contributed by atoms with Gasteiger partial charge in [-0.1, -0.05) is 12.1 Å². The molecule has 0 spiro atoms. The number of carbonyl (C=O) groups excluding carboxylic acids is 2. The van der Waals surface area contributed by atoms with Crippen LogP contribution in [0, 0.1) is 5.92 Å². The number of likely N-dealkylation sites (tertiary alicyclic amines) is 1. The topological polar surface area (TPSA) is 89.4 Å². The molecule has 1 aliphatic heterocycles. The number of anilines is 1. The summed E-state index contributed by atoms with van der Waals surface area (Å²) in [4.78, 5) is 25.8. The van der Waals surface area contributed by atoms with Gasteiger partial charge in [-0.2, -0.15) is 0 Å². The predicted octanol–water partition coefficient (Wildman–Crippen LogP) is 1.27. The molecule has 0 bridgehead atoms. The SMILES string of the molecule is CC(C)(C(=O)N1CCC(C(N)=O)CC1)c1ccc(N)cc1. The fraction of sp³-hybridized carbons (Fsp3) is 0.500. The minimum absolute atomic E-state index is 0.0789. The van der Waals surface area contributed by atoms with Crippen molar-refractivity contribution in [1.82, 2.24) is 4.90 Å². The summed E-state index contributed by atoms with van der Waals surface area (Å²) in [6, 6.07) is 7.40. The van der Waals surface area contributed by atoms with E-state index in [0.717, 1.165) is 5.56 Å². The van der Waals surface area contributed by atoms with Crippen LogP contribution >= 0.6 is 0 Å². The lowest BCUT2D eigenvalue weighted by Crippen LogP contribution is -2.48. The van der Waals surface area contributed by atoms with Crippen LogP contribution in [-0.2, 0) is 15.0 Å². The molecule has 1 aromatic carbocycles. The molecule has 5 heteroatoms. The van der Waals surface area contributed by atoms with Crippen molar-refractivity contribution < 1.29 is 9.59 Å². The quantitative estimate of drug-likeness (QED) is 0.821. The van der Waals surface area contributed by atoms with E-state index in [1.54, 1.807) is 0 Å². The first kappa shape index (κ1) is 15.4. The predicted molar refractivity (Wildman–Crippen MR) is 82.4 cm³/mol. The van der Waals surface area contributed by atoms with Crippen LogP contribution in [0.1, 0.15) is 32.3 Å². The molecule has 0 aromatic heterocycles. The maximum atomic E-state index is 12.8. The molecule has 114 valence electrons. The van der Waals surface area contributed by atoms with Crippen molar-refractivity contribution in [2.75, 3.05) is 18.8 Å². The average molecular weight is 289 g/mol. The molecule has 0 saturated carbocycles. The lowest BCUT2D eigenvalue weighted by atomic mass is 9.82. The Labute approximate surface area is 125 Å².